The molecule has 0 saturated heterocycles. The maximum Gasteiger partial charge on any atom is 0.338 e. The molecular formula is C25H32O4. The summed E-state index contributed by atoms with van der Waals surface area (Å²) in [6.45, 7) is 10.3. The van der Waals surface area contributed by atoms with E-state index in [-0.39, 0.29) is 6.61 Å². The highest BCUT2D eigenvalue weighted by Crippen LogP contribution is 2.20. The highest BCUT2D eigenvalue weighted by molar-refractivity contribution is 5.90. The number of hydrogen-bond donors (Lipinski definition) is 0. The van der Waals surface area contributed by atoms with Crippen LogP contribution in [-0.2, 0) is 9.47 Å². The summed E-state index contributed by atoms with van der Waals surface area (Å²) in [6, 6.07) is 14.9. The summed E-state index contributed by atoms with van der Waals surface area (Å²) in [5.41, 5.74) is 3.39. The van der Waals surface area contributed by atoms with Crippen molar-refractivity contribution in [3.05, 3.63) is 70.8 Å². The summed E-state index contributed by atoms with van der Waals surface area (Å²) < 4.78 is 10.7. The first kappa shape index (κ1) is 22.7. The highest BCUT2D eigenvalue weighted by atomic mass is 16.6. The Balaban J connectivity index is 1.84. The Morgan fingerprint density at radius 1 is 0.724 bits per heavy atom. The van der Waals surface area contributed by atoms with Crippen LogP contribution in [0.25, 0.3) is 0 Å². The van der Waals surface area contributed by atoms with Gasteiger partial charge in [-0.25, -0.2) is 9.59 Å². The molecule has 156 valence electrons. The summed E-state index contributed by atoms with van der Waals surface area (Å²) in [7, 11) is 0. The van der Waals surface area contributed by atoms with Crippen molar-refractivity contribution in [3.63, 3.8) is 0 Å². The number of carbonyl (C=O) groups excluding carboxylic acids is 2. The maximum atomic E-state index is 12.3. The number of carbonyl (C=O) groups is 2. The van der Waals surface area contributed by atoms with Gasteiger partial charge in [0.05, 0.1) is 11.1 Å². The molecule has 2 aromatic carbocycles. The monoisotopic (exact) mass is 396 g/mol. The minimum atomic E-state index is -0.528. The third kappa shape index (κ3) is 6.45. The van der Waals surface area contributed by atoms with Crippen LogP contribution in [0.2, 0.25) is 0 Å². The SMILES string of the molecule is CCC(C)c1ccc(C(=O)OCC(C)OC(=O)c2ccc(C(C)CC)cc2)cc1. The molecule has 0 aromatic heterocycles. The van der Waals surface area contributed by atoms with Gasteiger partial charge in [-0.1, -0.05) is 52.0 Å². The van der Waals surface area contributed by atoms with E-state index in [1.165, 1.54) is 11.1 Å². The van der Waals surface area contributed by atoms with E-state index in [1.54, 1.807) is 31.2 Å². The molecule has 4 nitrogen and oxygen atoms in total. The third-order valence-electron chi connectivity index (χ3n) is 5.41. The van der Waals surface area contributed by atoms with Crippen molar-refractivity contribution in [2.75, 3.05) is 6.61 Å². The second-order valence-corrected chi connectivity index (χ2v) is 7.68. The second kappa shape index (κ2) is 10.8. The van der Waals surface area contributed by atoms with Crippen molar-refractivity contribution in [2.24, 2.45) is 0 Å². The van der Waals surface area contributed by atoms with Crippen LogP contribution in [0.15, 0.2) is 48.5 Å². The molecule has 0 aliphatic heterocycles. The van der Waals surface area contributed by atoms with Crippen LogP contribution in [0.3, 0.4) is 0 Å². The molecule has 3 atom stereocenters. The molecular weight excluding hydrogens is 364 g/mol. The van der Waals surface area contributed by atoms with Gasteiger partial charge in [0.1, 0.15) is 12.7 Å². The average Bonchev–Trinajstić information content (AvgIpc) is 2.76. The molecule has 0 radical (unpaired) electrons. The summed E-state index contributed by atoms with van der Waals surface area (Å²) in [5.74, 6) is 0.0834. The zero-order valence-electron chi connectivity index (χ0n) is 18.1. The lowest BCUT2D eigenvalue weighted by molar-refractivity contribution is 0.00448. The summed E-state index contributed by atoms with van der Waals surface area (Å²) in [6.07, 6.45) is 1.57. The lowest BCUT2D eigenvalue weighted by Gasteiger charge is -2.15. The molecule has 0 spiro atoms. The quantitative estimate of drug-likeness (QED) is 0.479. The first-order valence-electron chi connectivity index (χ1n) is 10.4. The fourth-order valence-electron chi connectivity index (χ4n) is 2.93. The first-order chi connectivity index (χ1) is 13.8. The van der Waals surface area contributed by atoms with E-state index in [2.05, 4.69) is 27.7 Å². The molecule has 0 amide bonds. The summed E-state index contributed by atoms with van der Waals surface area (Å²) in [4.78, 5) is 24.5. The van der Waals surface area contributed by atoms with Gasteiger partial charge in [-0.2, -0.15) is 0 Å². The largest absolute Gasteiger partial charge is 0.458 e. The molecule has 0 saturated carbocycles. The number of ether oxygens (including phenoxy) is 2. The van der Waals surface area contributed by atoms with Gasteiger partial charge in [0, 0.05) is 0 Å². The zero-order valence-corrected chi connectivity index (χ0v) is 18.1. The number of benzene rings is 2. The molecule has 29 heavy (non-hydrogen) atoms. The van der Waals surface area contributed by atoms with Crippen molar-refractivity contribution in [1.82, 2.24) is 0 Å². The lowest BCUT2D eigenvalue weighted by atomic mass is 9.98. The third-order valence-corrected chi connectivity index (χ3v) is 5.41. The van der Waals surface area contributed by atoms with E-state index in [0.717, 1.165) is 12.8 Å². The number of hydrogen-bond acceptors (Lipinski definition) is 4. The summed E-state index contributed by atoms with van der Waals surface area (Å²) >= 11 is 0. The predicted molar refractivity (Wildman–Crippen MR) is 115 cm³/mol. The Kier molecular flexibility index (Phi) is 8.44. The predicted octanol–water partition coefficient (Wildman–Crippen LogP) is 6.12. The van der Waals surface area contributed by atoms with Crippen LogP contribution in [0.5, 0.6) is 0 Å². The molecule has 0 aliphatic rings. The van der Waals surface area contributed by atoms with E-state index in [4.69, 9.17) is 9.47 Å². The van der Waals surface area contributed by atoms with Gasteiger partial charge in [-0.15, -0.1) is 0 Å². The van der Waals surface area contributed by atoms with Crippen molar-refractivity contribution >= 4 is 11.9 Å². The van der Waals surface area contributed by atoms with Gasteiger partial charge >= 0.3 is 11.9 Å². The topological polar surface area (TPSA) is 52.6 Å². The van der Waals surface area contributed by atoms with Crippen molar-refractivity contribution in [1.29, 1.82) is 0 Å². The van der Waals surface area contributed by atoms with E-state index in [9.17, 15) is 9.59 Å². The van der Waals surface area contributed by atoms with E-state index in [0.29, 0.717) is 23.0 Å². The molecule has 2 aromatic rings. The van der Waals surface area contributed by atoms with Gasteiger partial charge in [0.15, 0.2) is 0 Å². The molecule has 0 aliphatic carbocycles. The minimum absolute atomic E-state index is 0.0165. The Hall–Kier alpha value is -2.62. The standard InChI is InChI=1S/C25H32O4/c1-6-17(3)20-8-12-22(13-9-20)24(26)28-16-19(5)29-25(27)23-14-10-21(11-15-23)18(4)7-2/h8-15,17-19H,6-7,16H2,1-5H3. The molecule has 0 N–H and O–H groups in total. The zero-order chi connectivity index (χ0) is 21.4. The first-order valence-corrected chi connectivity index (χ1v) is 10.4. The smallest absolute Gasteiger partial charge is 0.338 e. The van der Waals surface area contributed by atoms with Gasteiger partial charge in [-0.3, -0.25) is 0 Å². The molecule has 4 heteroatoms. The lowest BCUT2D eigenvalue weighted by Crippen LogP contribution is -2.22. The van der Waals surface area contributed by atoms with Crippen LogP contribution >= 0.6 is 0 Å². The van der Waals surface area contributed by atoms with Crippen LogP contribution in [0.1, 0.15) is 91.1 Å². The fourth-order valence-corrected chi connectivity index (χ4v) is 2.93. The van der Waals surface area contributed by atoms with E-state index >= 15 is 0 Å². The average molecular weight is 397 g/mol. The number of rotatable bonds is 9. The molecule has 0 heterocycles. The Labute approximate surface area is 174 Å². The normalized spacial score (nSPS) is 14.0. The van der Waals surface area contributed by atoms with Crippen molar-refractivity contribution in [3.8, 4) is 0 Å². The van der Waals surface area contributed by atoms with Crippen LogP contribution in [-0.4, -0.2) is 24.6 Å². The number of esters is 2. The van der Waals surface area contributed by atoms with Crippen molar-refractivity contribution < 1.29 is 19.1 Å². The fraction of sp³-hybridized carbons (Fsp3) is 0.440. The molecule has 0 fully saturated rings. The van der Waals surface area contributed by atoms with Crippen LogP contribution in [0, 0.1) is 0 Å². The van der Waals surface area contributed by atoms with Crippen LogP contribution in [0.4, 0.5) is 0 Å². The van der Waals surface area contributed by atoms with Gasteiger partial charge in [0.25, 0.3) is 0 Å². The second-order valence-electron chi connectivity index (χ2n) is 7.68. The van der Waals surface area contributed by atoms with Gasteiger partial charge in [0.2, 0.25) is 0 Å². The Morgan fingerprint density at radius 2 is 1.14 bits per heavy atom. The molecule has 0 bridgehead atoms. The maximum absolute atomic E-state index is 12.3. The van der Waals surface area contributed by atoms with Crippen molar-refractivity contribution in [2.45, 2.75) is 65.4 Å². The van der Waals surface area contributed by atoms with Gasteiger partial charge < -0.3 is 9.47 Å². The minimum Gasteiger partial charge on any atom is -0.458 e. The molecule has 3 unspecified atom stereocenters. The van der Waals surface area contributed by atoms with E-state index < -0.39 is 18.0 Å². The van der Waals surface area contributed by atoms with Gasteiger partial charge in [-0.05, 0) is 67.0 Å². The Morgan fingerprint density at radius 3 is 1.55 bits per heavy atom. The van der Waals surface area contributed by atoms with Crippen LogP contribution < -0.4 is 0 Å². The highest BCUT2D eigenvalue weighted by Gasteiger charge is 2.16. The molecule has 2 rings (SSSR count). The Bertz CT molecular complexity index is 793. The summed E-state index contributed by atoms with van der Waals surface area (Å²) in [5, 5.41) is 0. The van der Waals surface area contributed by atoms with E-state index in [1.807, 2.05) is 24.3 Å².